The number of allylic oxidation sites excluding steroid dienone is 2. The summed E-state index contributed by atoms with van der Waals surface area (Å²) in [5.41, 5.74) is 7.36. The number of nitrogens with zero attached hydrogens (tertiary/aromatic N) is 4. The molecule has 334 valence electrons. The van der Waals surface area contributed by atoms with Gasteiger partial charge in [-0.25, -0.2) is 9.97 Å². The SMILES string of the molecule is C=C1CCC(n2c(C)nc3cccc(CCC(=O)c4ccc(Cl)c(C)c4)c3c2=O)C(=O)C1.C=C1CCC(n2c(C)nc3cccc(CCC(=O)c4ccc(SC)c(C)c4)c3c2=O)C(=O)C1. The Bertz CT molecular complexity index is 3080. The summed E-state index contributed by atoms with van der Waals surface area (Å²) in [5.74, 6) is 1.11. The van der Waals surface area contributed by atoms with Gasteiger partial charge in [-0.05, 0) is 137 Å². The van der Waals surface area contributed by atoms with Crippen LogP contribution in [0.15, 0.2) is 112 Å². The molecule has 2 fully saturated rings. The smallest absolute Gasteiger partial charge is 0.262 e. The van der Waals surface area contributed by atoms with E-state index in [1.165, 1.54) is 4.57 Å². The molecule has 2 heterocycles. The first-order valence-corrected chi connectivity index (χ1v) is 23.5. The fourth-order valence-corrected chi connectivity index (χ4v) is 9.81. The number of aromatic nitrogens is 4. The van der Waals surface area contributed by atoms with Gasteiger partial charge in [0.05, 0.1) is 33.9 Å². The minimum Gasteiger partial charge on any atom is -0.297 e. The summed E-state index contributed by atoms with van der Waals surface area (Å²) in [5, 5.41) is 1.61. The third-order valence-electron chi connectivity index (χ3n) is 12.6. The highest BCUT2D eigenvalue weighted by molar-refractivity contribution is 7.98. The Morgan fingerprint density at radius 1 is 0.662 bits per heavy atom. The van der Waals surface area contributed by atoms with E-state index in [4.69, 9.17) is 11.6 Å². The molecule has 6 aromatic rings. The molecule has 0 saturated heterocycles. The van der Waals surface area contributed by atoms with Gasteiger partial charge >= 0.3 is 0 Å². The summed E-state index contributed by atoms with van der Waals surface area (Å²) in [6.07, 6.45) is 6.60. The second kappa shape index (κ2) is 20.0. The van der Waals surface area contributed by atoms with Crippen LogP contribution in [0.5, 0.6) is 0 Å². The van der Waals surface area contributed by atoms with Gasteiger partial charge in [0.1, 0.15) is 11.6 Å². The van der Waals surface area contributed by atoms with Crippen molar-refractivity contribution in [1.29, 1.82) is 0 Å². The summed E-state index contributed by atoms with van der Waals surface area (Å²) >= 11 is 7.73. The van der Waals surface area contributed by atoms with Crippen molar-refractivity contribution in [2.45, 2.75) is 109 Å². The molecule has 2 saturated carbocycles. The third-order valence-corrected chi connectivity index (χ3v) is 13.9. The van der Waals surface area contributed by atoms with Gasteiger partial charge in [0.25, 0.3) is 11.1 Å². The van der Waals surface area contributed by atoms with Crippen LogP contribution in [0, 0.1) is 27.7 Å². The number of hydrogen-bond acceptors (Lipinski definition) is 9. The number of ketones is 4. The maximum Gasteiger partial charge on any atom is 0.262 e. The Hall–Kier alpha value is -6.04. The average Bonchev–Trinajstić information content (AvgIpc) is 3.27. The number of carbonyl (C=O) groups is 4. The van der Waals surface area contributed by atoms with E-state index in [-0.39, 0.29) is 40.7 Å². The Labute approximate surface area is 387 Å². The standard InChI is InChI=1S/C27H28N2O3S.C26H25ClN2O3/c1-16-8-11-22(24(31)14-16)29-18(3)28-21-7-5-6-19(26(21)27(29)32)9-12-23(30)20-10-13-25(33-4)17(2)15-20;1-15-7-11-22(24(31)13-15)29-17(3)28-21-6-4-5-18(25(21)26(29)32)9-12-23(30)19-8-10-20(27)16(2)14-19/h5-7,10,13,15,22H,1,8-9,11-12,14H2,2-4H3;4-6,8,10,14,22H,1,7,9,11-13H2,2-3H3. The number of rotatable bonds is 11. The van der Waals surface area contributed by atoms with Gasteiger partial charge in [-0.3, -0.25) is 37.9 Å². The van der Waals surface area contributed by atoms with Crippen molar-refractivity contribution < 1.29 is 19.2 Å². The van der Waals surface area contributed by atoms with E-state index in [0.29, 0.717) is 94.5 Å². The molecule has 2 aromatic heterocycles. The van der Waals surface area contributed by atoms with E-state index < -0.39 is 12.1 Å². The number of thioether (sulfide) groups is 1. The highest BCUT2D eigenvalue weighted by Gasteiger charge is 2.30. The predicted octanol–water partition coefficient (Wildman–Crippen LogP) is 10.7. The summed E-state index contributed by atoms with van der Waals surface area (Å²) in [6, 6.07) is 21.0. The molecule has 65 heavy (non-hydrogen) atoms. The Morgan fingerprint density at radius 2 is 1.11 bits per heavy atom. The van der Waals surface area contributed by atoms with Crippen molar-refractivity contribution in [3.8, 4) is 0 Å². The molecule has 12 heteroatoms. The Balaban J connectivity index is 0.000000194. The van der Waals surface area contributed by atoms with Crippen molar-refractivity contribution >= 4 is 68.3 Å². The minimum absolute atomic E-state index is 0.00151. The normalized spacial score (nSPS) is 16.5. The van der Waals surface area contributed by atoms with Crippen LogP contribution in [0.2, 0.25) is 5.02 Å². The fourth-order valence-electron chi connectivity index (χ4n) is 9.11. The lowest BCUT2D eigenvalue weighted by molar-refractivity contribution is -0.123. The maximum absolute atomic E-state index is 13.6. The molecular weight excluding hydrogens is 856 g/mol. The van der Waals surface area contributed by atoms with Crippen molar-refractivity contribution in [1.82, 2.24) is 19.1 Å². The molecule has 4 aromatic carbocycles. The third kappa shape index (κ3) is 10.1. The van der Waals surface area contributed by atoms with E-state index >= 15 is 0 Å². The number of hydrogen-bond donors (Lipinski definition) is 0. The number of fused-ring (bicyclic) bond motifs is 2. The van der Waals surface area contributed by atoms with Crippen molar-refractivity contribution in [2.75, 3.05) is 6.26 Å². The lowest BCUT2D eigenvalue weighted by atomic mass is 9.90. The predicted molar refractivity (Wildman–Crippen MR) is 260 cm³/mol. The van der Waals surface area contributed by atoms with Crippen LogP contribution >= 0.6 is 23.4 Å². The number of halogens is 1. The number of benzene rings is 4. The highest BCUT2D eigenvalue weighted by Crippen LogP contribution is 2.31. The molecule has 2 aliphatic rings. The summed E-state index contributed by atoms with van der Waals surface area (Å²) in [7, 11) is 0. The van der Waals surface area contributed by atoms with Gasteiger partial charge in [-0.15, -0.1) is 11.8 Å². The molecule has 0 radical (unpaired) electrons. The zero-order valence-electron chi connectivity index (χ0n) is 37.6. The molecule has 2 atom stereocenters. The van der Waals surface area contributed by atoms with Gasteiger partial charge in [0, 0.05) is 46.7 Å². The maximum atomic E-state index is 13.6. The molecule has 0 bridgehead atoms. The average molecular weight is 910 g/mol. The molecule has 0 spiro atoms. The summed E-state index contributed by atoms with van der Waals surface area (Å²) < 4.78 is 3.08. The van der Waals surface area contributed by atoms with Gasteiger partial charge in [-0.1, -0.05) is 66.2 Å². The lowest BCUT2D eigenvalue weighted by Crippen LogP contribution is -2.35. The van der Waals surface area contributed by atoms with Gasteiger partial charge in [0.2, 0.25) is 0 Å². The number of carbonyl (C=O) groups excluding carboxylic acids is 4. The molecule has 2 aliphatic carbocycles. The second-order valence-electron chi connectivity index (χ2n) is 17.2. The van der Waals surface area contributed by atoms with Crippen molar-refractivity contribution in [2.24, 2.45) is 0 Å². The number of Topliss-reactive ketones (excluding diaryl/α,β-unsaturated/α-hetero) is 4. The van der Waals surface area contributed by atoms with Gasteiger partial charge < -0.3 is 0 Å². The first-order chi connectivity index (χ1) is 31.1. The van der Waals surface area contributed by atoms with Crippen molar-refractivity contribution in [3.05, 3.63) is 168 Å². The Kier molecular flexibility index (Phi) is 14.4. The lowest BCUT2D eigenvalue weighted by Gasteiger charge is -2.26. The van der Waals surface area contributed by atoms with E-state index in [1.54, 1.807) is 54.4 Å². The molecule has 0 N–H and O–H groups in total. The largest absolute Gasteiger partial charge is 0.297 e. The zero-order valence-corrected chi connectivity index (χ0v) is 39.2. The molecule has 2 unspecified atom stereocenters. The summed E-state index contributed by atoms with van der Waals surface area (Å²) in [6.45, 7) is 15.2. The highest BCUT2D eigenvalue weighted by atomic mass is 35.5. The molecule has 10 nitrogen and oxygen atoms in total. The van der Waals surface area contributed by atoms with Crippen LogP contribution in [-0.4, -0.2) is 48.5 Å². The Morgan fingerprint density at radius 3 is 1.52 bits per heavy atom. The van der Waals surface area contributed by atoms with Gasteiger partial charge in [-0.2, -0.15) is 0 Å². The van der Waals surface area contributed by atoms with Gasteiger partial charge in [0.15, 0.2) is 23.1 Å². The van der Waals surface area contributed by atoms with Crippen LogP contribution in [0.4, 0.5) is 0 Å². The minimum atomic E-state index is -0.517. The first-order valence-electron chi connectivity index (χ1n) is 21.9. The fraction of sp³-hybridized carbons (Fsp3) is 0.321. The molecule has 0 aliphatic heterocycles. The summed E-state index contributed by atoms with van der Waals surface area (Å²) in [4.78, 5) is 88.5. The zero-order chi connectivity index (χ0) is 46.7. The quantitative estimate of drug-likeness (QED) is 0.0706. The van der Waals surface area contributed by atoms with Crippen LogP contribution in [0.3, 0.4) is 0 Å². The van der Waals surface area contributed by atoms with E-state index in [1.807, 2.05) is 68.6 Å². The van der Waals surface area contributed by atoms with Crippen LogP contribution in [-0.2, 0) is 22.4 Å². The van der Waals surface area contributed by atoms with Crippen LogP contribution < -0.4 is 11.1 Å². The number of aryl methyl sites for hydroxylation is 6. The van der Waals surface area contributed by atoms with Crippen LogP contribution in [0.25, 0.3) is 21.8 Å². The van der Waals surface area contributed by atoms with E-state index in [0.717, 1.165) is 51.1 Å². The topological polar surface area (TPSA) is 138 Å². The second-order valence-corrected chi connectivity index (χ2v) is 18.4. The van der Waals surface area contributed by atoms with E-state index in [2.05, 4.69) is 23.1 Å². The van der Waals surface area contributed by atoms with Crippen LogP contribution in [0.1, 0.15) is 118 Å². The molecular formula is C53H53ClN4O6S. The monoisotopic (exact) mass is 908 g/mol. The van der Waals surface area contributed by atoms with E-state index in [9.17, 15) is 28.8 Å². The van der Waals surface area contributed by atoms with Crippen molar-refractivity contribution in [3.63, 3.8) is 0 Å². The molecule has 0 amide bonds. The molecule has 8 rings (SSSR count). The first kappa shape index (κ1) is 46.9.